The molecule has 2 rings (SSSR count). The molecule has 1 aliphatic rings. The van der Waals surface area contributed by atoms with Crippen molar-refractivity contribution in [2.75, 3.05) is 6.61 Å². The average Bonchev–Trinajstić information content (AvgIpc) is 2.51. The number of fused-ring (bicyclic) bond motifs is 1. The van der Waals surface area contributed by atoms with Crippen molar-refractivity contribution in [1.29, 1.82) is 0 Å². The maximum absolute atomic E-state index is 5.41. The minimum Gasteiger partial charge on any atom is -0.491 e. The Bertz CT molecular complexity index is 356. The third-order valence-corrected chi connectivity index (χ3v) is 1.94. The van der Waals surface area contributed by atoms with Crippen LogP contribution in [0.1, 0.15) is 5.56 Å². The van der Waals surface area contributed by atoms with Crippen LogP contribution in [0.4, 0.5) is 5.69 Å². The minimum absolute atomic E-state index is 0.0592. The molecule has 68 valence electrons. The topological polar surface area (TPSA) is 73.6 Å². The third-order valence-electron chi connectivity index (χ3n) is 1.94. The lowest BCUT2D eigenvalue weighted by atomic mass is 10.1. The lowest BCUT2D eigenvalue weighted by Gasteiger charge is -2.02. The van der Waals surface area contributed by atoms with Crippen LogP contribution in [0, 0.1) is 0 Å². The first-order valence-corrected chi connectivity index (χ1v) is 4.11. The van der Waals surface area contributed by atoms with Gasteiger partial charge in [0.25, 0.3) is 0 Å². The second-order valence-electron chi connectivity index (χ2n) is 2.90. The van der Waals surface area contributed by atoms with Crippen LogP contribution in [-0.2, 0) is 6.42 Å². The summed E-state index contributed by atoms with van der Waals surface area (Å²) in [5.41, 5.74) is 12.5. The molecule has 0 bridgehead atoms. The Morgan fingerprint density at radius 1 is 1.38 bits per heavy atom. The molecule has 13 heavy (non-hydrogen) atoms. The Balaban J connectivity index is 2.47. The molecule has 0 amide bonds. The van der Waals surface area contributed by atoms with E-state index in [1.165, 1.54) is 5.56 Å². The zero-order valence-electron chi connectivity index (χ0n) is 7.16. The number of hydrogen-bond acceptors (Lipinski definition) is 2. The highest BCUT2D eigenvalue weighted by atomic mass is 16.5. The molecule has 1 aromatic rings. The van der Waals surface area contributed by atoms with E-state index in [4.69, 9.17) is 16.2 Å². The molecule has 0 unspecified atom stereocenters. The lowest BCUT2D eigenvalue weighted by molar-refractivity contribution is 0.358. The first-order chi connectivity index (χ1) is 6.27. The second-order valence-corrected chi connectivity index (χ2v) is 2.90. The number of guanidine groups is 1. The number of para-hydroxylation sites is 1. The van der Waals surface area contributed by atoms with E-state index in [9.17, 15) is 0 Å². The normalized spacial score (nSPS) is 13.2. The van der Waals surface area contributed by atoms with Crippen molar-refractivity contribution in [3.05, 3.63) is 23.8 Å². The number of rotatable bonds is 1. The SMILES string of the molecule is NC(N)=Nc1cccc2c1OCC2. The van der Waals surface area contributed by atoms with Gasteiger partial charge in [-0.2, -0.15) is 0 Å². The van der Waals surface area contributed by atoms with Crippen molar-refractivity contribution in [2.45, 2.75) is 6.42 Å². The lowest BCUT2D eigenvalue weighted by Crippen LogP contribution is -2.21. The summed E-state index contributed by atoms with van der Waals surface area (Å²) < 4.78 is 5.41. The summed E-state index contributed by atoms with van der Waals surface area (Å²) in [5.74, 6) is 0.875. The summed E-state index contributed by atoms with van der Waals surface area (Å²) in [7, 11) is 0. The molecule has 0 aliphatic carbocycles. The van der Waals surface area contributed by atoms with E-state index in [0.29, 0.717) is 6.61 Å². The van der Waals surface area contributed by atoms with Crippen LogP contribution in [-0.4, -0.2) is 12.6 Å². The Hall–Kier alpha value is -1.71. The molecule has 0 saturated heterocycles. The Labute approximate surface area is 76.2 Å². The number of aliphatic imine (C=N–C) groups is 1. The number of nitrogens with two attached hydrogens (primary N) is 2. The van der Waals surface area contributed by atoms with Gasteiger partial charge in [0.15, 0.2) is 5.96 Å². The number of ether oxygens (including phenoxy) is 1. The molecule has 1 aliphatic heterocycles. The van der Waals surface area contributed by atoms with E-state index >= 15 is 0 Å². The maximum Gasteiger partial charge on any atom is 0.191 e. The fourth-order valence-electron chi connectivity index (χ4n) is 1.42. The van der Waals surface area contributed by atoms with Crippen LogP contribution in [0.5, 0.6) is 5.75 Å². The fraction of sp³-hybridized carbons (Fsp3) is 0.222. The van der Waals surface area contributed by atoms with Gasteiger partial charge in [0.05, 0.1) is 6.61 Å². The molecular formula is C9H11N3O. The molecule has 1 aromatic carbocycles. The van der Waals surface area contributed by atoms with Gasteiger partial charge in [-0.25, -0.2) is 4.99 Å². The molecule has 0 fully saturated rings. The van der Waals surface area contributed by atoms with Crippen molar-refractivity contribution in [3.63, 3.8) is 0 Å². The molecule has 0 saturated carbocycles. The Kier molecular flexibility index (Phi) is 1.81. The van der Waals surface area contributed by atoms with Crippen molar-refractivity contribution in [2.24, 2.45) is 16.5 Å². The van der Waals surface area contributed by atoms with Gasteiger partial charge >= 0.3 is 0 Å². The van der Waals surface area contributed by atoms with E-state index < -0.39 is 0 Å². The van der Waals surface area contributed by atoms with Gasteiger partial charge in [-0.3, -0.25) is 0 Å². The molecule has 0 radical (unpaired) electrons. The Morgan fingerprint density at radius 3 is 3.00 bits per heavy atom. The molecule has 4 N–H and O–H groups in total. The highest BCUT2D eigenvalue weighted by molar-refractivity contribution is 5.80. The van der Waals surface area contributed by atoms with Crippen LogP contribution in [0.3, 0.4) is 0 Å². The van der Waals surface area contributed by atoms with Crippen LogP contribution >= 0.6 is 0 Å². The standard InChI is InChI=1S/C9H11N3O/c10-9(11)12-7-3-1-2-6-4-5-13-8(6)7/h1-3H,4-5H2,(H4,10,11,12). The van der Waals surface area contributed by atoms with Gasteiger partial charge in [0.2, 0.25) is 0 Å². The highest BCUT2D eigenvalue weighted by Crippen LogP contribution is 2.35. The molecule has 0 aromatic heterocycles. The quantitative estimate of drug-likeness (QED) is 0.485. The van der Waals surface area contributed by atoms with Gasteiger partial charge in [0, 0.05) is 6.42 Å². The Morgan fingerprint density at radius 2 is 2.23 bits per heavy atom. The van der Waals surface area contributed by atoms with E-state index in [1.807, 2.05) is 18.2 Å². The number of benzene rings is 1. The second kappa shape index (κ2) is 2.97. The summed E-state index contributed by atoms with van der Waals surface area (Å²) in [4.78, 5) is 3.98. The average molecular weight is 177 g/mol. The molecule has 0 spiro atoms. The van der Waals surface area contributed by atoms with Crippen molar-refractivity contribution in [3.8, 4) is 5.75 Å². The molecule has 4 heteroatoms. The van der Waals surface area contributed by atoms with E-state index in [1.54, 1.807) is 0 Å². The van der Waals surface area contributed by atoms with E-state index in [2.05, 4.69) is 4.99 Å². The smallest absolute Gasteiger partial charge is 0.191 e. The molecule has 0 atom stereocenters. The predicted molar refractivity (Wildman–Crippen MR) is 51.1 cm³/mol. The fourth-order valence-corrected chi connectivity index (χ4v) is 1.42. The van der Waals surface area contributed by atoms with Gasteiger partial charge in [0.1, 0.15) is 11.4 Å². The van der Waals surface area contributed by atoms with Crippen LogP contribution < -0.4 is 16.2 Å². The molecular weight excluding hydrogens is 166 g/mol. The van der Waals surface area contributed by atoms with Crippen molar-refractivity contribution in [1.82, 2.24) is 0 Å². The van der Waals surface area contributed by atoms with E-state index in [-0.39, 0.29) is 5.96 Å². The van der Waals surface area contributed by atoms with Crippen LogP contribution in [0.2, 0.25) is 0 Å². The van der Waals surface area contributed by atoms with Gasteiger partial charge in [-0.15, -0.1) is 0 Å². The summed E-state index contributed by atoms with van der Waals surface area (Å²) in [6.45, 7) is 0.715. The van der Waals surface area contributed by atoms with Crippen molar-refractivity contribution < 1.29 is 4.74 Å². The van der Waals surface area contributed by atoms with Gasteiger partial charge in [-0.1, -0.05) is 12.1 Å². The highest BCUT2D eigenvalue weighted by Gasteiger charge is 2.15. The molecule has 1 heterocycles. The van der Waals surface area contributed by atoms with Gasteiger partial charge in [-0.05, 0) is 11.6 Å². The largest absolute Gasteiger partial charge is 0.491 e. The third kappa shape index (κ3) is 1.42. The summed E-state index contributed by atoms with van der Waals surface area (Å²) in [6, 6.07) is 5.78. The van der Waals surface area contributed by atoms with Crippen molar-refractivity contribution >= 4 is 11.6 Å². The molecule has 4 nitrogen and oxygen atoms in total. The zero-order chi connectivity index (χ0) is 9.26. The summed E-state index contributed by atoms with van der Waals surface area (Å²) in [6.07, 6.45) is 0.934. The monoisotopic (exact) mass is 177 g/mol. The van der Waals surface area contributed by atoms with Gasteiger partial charge < -0.3 is 16.2 Å². The number of hydrogen-bond donors (Lipinski definition) is 2. The van der Waals surface area contributed by atoms with Crippen LogP contribution in [0.15, 0.2) is 23.2 Å². The summed E-state index contributed by atoms with van der Waals surface area (Å²) >= 11 is 0. The number of nitrogens with zero attached hydrogens (tertiary/aromatic N) is 1. The first kappa shape index (κ1) is 7.91. The first-order valence-electron chi connectivity index (χ1n) is 4.11. The van der Waals surface area contributed by atoms with Crippen LogP contribution in [0.25, 0.3) is 0 Å². The predicted octanol–water partition coefficient (Wildman–Crippen LogP) is 0.526. The zero-order valence-corrected chi connectivity index (χ0v) is 7.16. The van der Waals surface area contributed by atoms with E-state index in [0.717, 1.165) is 17.9 Å². The summed E-state index contributed by atoms with van der Waals surface area (Å²) in [5, 5.41) is 0. The maximum atomic E-state index is 5.41. The minimum atomic E-state index is 0.0592.